The van der Waals surface area contributed by atoms with Crippen molar-refractivity contribution in [1.29, 1.82) is 0 Å². The number of rotatable bonds is 2. The Morgan fingerprint density at radius 2 is 2.20 bits per heavy atom. The zero-order chi connectivity index (χ0) is 13.5. The van der Waals surface area contributed by atoms with Crippen LogP contribution >= 0.6 is 11.8 Å². The summed E-state index contributed by atoms with van der Waals surface area (Å²) in [6, 6.07) is 12.3. The molecule has 0 N–H and O–H groups in total. The van der Waals surface area contributed by atoms with Crippen molar-refractivity contribution < 1.29 is 9.57 Å². The molecule has 1 atom stereocenters. The molecule has 0 saturated carbocycles. The van der Waals surface area contributed by atoms with Crippen molar-refractivity contribution in [1.82, 2.24) is 4.57 Å². The highest BCUT2D eigenvalue weighted by molar-refractivity contribution is 7.99. The average Bonchev–Trinajstić information content (AvgIpc) is 3.11. The molecule has 0 bridgehead atoms. The van der Waals surface area contributed by atoms with Gasteiger partial charge in [0.25, 0.3) is 0 Å². The Balaban J connectivity index is 1.92. The van der Waals surface area contributed by atoms with Gasteiger partial charge in [0.15, 0.2) is 5.88 Å². The number of benzene rings is 1. The summed E-state index contributed by atoms with van der Waals surface area (Å²) in [5.41, 5.74) is 3.31. The quantitative estimate of drug-likeness (QED) is 0.851. The van der Waals surface area contributed by atoms with Gasteiger partial charge in [-0.15, -0.1) is 11.8 Å². The second-order valence-corrected chi connectivity index (χ2v) is 5.87. The fourth-order valence-electron chi connectivity index (χ4n) is 2.69. The third kappa shape index (κ3) is 1.66. The van der Waals surface area contributed by atoms with Crippen LogP contribution < -0.4 is 4.74 Å². The number of nitrogens with zero attached hydrogens (tertiary/aromatic N) is 2. The van der Waals surface area contributed by atoms with E-state index in [2.05, 4.69) is 27.9 Å². The number of para-hydroxylation sites is 1. The first-order chi connectivity index (χ1) is 9.88. The number of ether oxygens (including phenoxy) is 1. The maximum Gasteiger partial charge on any atom is 0.199 e. The van der Waals surface area contributed by atoms with Gasteiger partial charge in [0.2, 0.25) is 0 Å². The van der Waals surface area contributed by atoms with Gasteiger partial charge in [-0.3, -0.25) is 4.57 Å². The molecule has 3 heterocycles. The van der Waals surface area contributed by atoms with Gasteiger partial charge in [-0.1, -0.05) is 23.4 Å². The molecule has 0 fully saturated rings. The molecule has 1 unspecified atom stereocenters. The SMILES string of the molecule is COc1cc2c(n1-c1ccccc1)SCC1CON=C21. The Labute approximate surface area is 121 Å². The topological polar surface area (TPSA) is 35.8 Å². The van der Waals surface area contributed by atoms with Gasteiger partial charge in [-0.05, 0) is 12.1 Å². The van der Waals surface area contributed by atoms with Crippen molar-refractivity contribution in [3.05, 3.63) is 42.0 Å². The van der Waals surface area contributed by atoms with Gasteiger partial charge in [-0.2, -0.15) is 0 Å². The van der Waals surface area contributed by atoms with E-state index < -0.39 is 0 Å². The molecule has 0 radical (unpaired) electrons. The number of methoxy groups -OCH3 is 1. The van der Waals surface area contributed by atoms with E-state index in [1.165, 1.54) is 5.03 Å². The predicted molar refractivity (Wildman–Crippen MR) is 79.0 cm³/mol. The Morgan fingerprint density at radius 3 is 3.00 bits per heavy atom. The van der Waals surface area contributed by atoms with Crippen molar-refractivity contribution in [2.24, 2.45) is 11.1 Å². The van der Waals surface area contributed by atoms with Crippen LogP contribution in [0.15, 0.2) is 46.6 Å². The first kappa shape index (κ1) is 11.9. The molecule has 2 aliphatic rings. The van der Waals surface area contributed by atoms with E-state index in [9.17, 15) is 0 Å². The van der Waals surface area contributed by atoms with Crippen LogP contribution in [-0.2, 0) is 4.84 Å². The van der Waals surface area contributed by atoms with E-state index in [0.717, 1.165) is 28.6 Å². The third-order valence-corrected chi connectivity index (χ3v) is 4.91. The van der Waals surface area contributed by atoms with E-state index in [-0.39, 0.29) is 0 Å². The summed E-state index contributed by atoms with van der Waals surface area (Å²) in [6.45, 7) is 0.695. The second-order valence-electron chi connectivity index (χ2n) is 4.86. The number of thioether (sulfide) groups is 1. The molecular formula is C15H14N2O2S. The first-order valence-corrected chi connectivity index (χ1v) is 7.55. The van der Waals surface area contributed by atoms with Gasteiger partial charge in [0.05, 0.1) is 23.8 Å². The van der Waals surface area contributed by atoms with Crippen molar-refractivity contribution in [3.63, 3.8) is 0 Å². The van der Waals surface area contributed by atoms with Crippen LogP contribution in [-0.4, -0.2) is 29.7 Å². The molecule has 5 heteroatoms. The highest BCUT2D eigenvalue weighted by Gasteiger charge is 2.34. The second kappa shape index (κ2) is 4.59. The summed E-state index contributed by atoms with van der Waals surface area (Å²) < 4.78 is 7.70. The van der Waals surface area contributed by atoms with Crippen LogP contribution in [0.1, 0.15) is 5.56 Å². The van der Waals surface area contributed by atoms with E-state index in [1.54, 1.807) is 7.11 Å². The lowest BCUT2D eigenvalue weighted by Crippen LogP contribution is -2.21. The van der Waals surface area contributed by atoms with E-state index in [1.807, 2.05) is 30.0 Å². The molecule has 2 aliphatic heterocycles. The summed E-state index contributed by atoms with van der Waals surface area (Å²) in [5.74, 6) is 2.25. The summed E-state index contributed by atoms with van der Waals surface area (Å²) in [4.78, 5) is 5.26. The third-order valence-electron chi connectivity index (χ3n) is 3.67. The zero-order valence-electron chi connectivity index (χ0n) is 11.1. The summed E-state index contributed by atoms with van der Waals surface area (Å²) >= 11 is 1.84. The predicted octanol–water partition coefficient (Wildman–Crippen LogP) is 2.94. The molecule has 4 nitrogen and oxygen atoms in total. The zero-order valence-corrected chi connectivity index (χ0v) is 11.9. The summed E-state index contributed by atoms with van der Waals surface area (Å²) in [6.07, 6.45) is 0. The molecule has 2 aromatic rings. The highest BCUT2D eigenvalue weighted by atomic mass is 32.2. The molecule has 102 valence electrons. The van der Waals surface area contributed by atoms with Crippen molar-refractivity contribution in [3.8, 4) is 11.6 Å². The monoisotopic (exact) mass is 286 g/mol. The van der Waals surface area contributed by atoms with Gasteiger partial charge in [-0.25, -0.2) is 0 Å². The molecule has 0 spiro atoms. The number of hydrogen-bond acceptors (Lipinski definition) is 4. The van der Waals surface area contributed by atoms with Crippen LogP contribution in [0.2, 0.25) is 0 Å². The van der Waals surface area contributed by atoms with Crippen molar-refractivity contribution >= 4 is 17.5 Å². The first-order valence-electron chi connectivity index (χ1n) is 6.56. The molecule has 20 heavy (non-hydrogen) atoms. The minimum absolute atomic E-state index is 0.406. The number of hydrogen-bond donors (Lipinski definition) is 0. The standard InChI is InChI=1S/C15H14N2O2S/c1-18-13-7-12-14-10(8-19-16-14)9-20-15(12)17(13)11-5-3-2-4-6-11/h2-7,10H,8-9H2,1H3. The molecular weight excluding hydrogens is 272 g/mol. The number of fused-ring (bicyclic) bond motifs is 3. The summed E-state index contributed by atoms with van der Waals surface area (Å²) in [7, 11) is 1.70. The van der Waals surface area contributed by atoms with Crippen molar-refractivity contribution in [2.45, 2.75) is 5.03 Å². The van der Waals surface area contributed by atoms with E-state index >= 15 is 0 Å². The van der Waals surface area contributed by atoms with E-state index in [0.29, 0.717) is 12.5 Å². The minimum Gasteiger partial charge on any atom is -0.482 e. The van der Waals surface area contributed by atoms with Gasteiger partial charge >= 0.3 is 0 Å². The Bertz CT molecular complexity index is 679. The minimum atomic E-state index is 0.406. The smallest absolute Gasteiger partial charge is 0.199 e. The molecule has 0 aliphatic carbocycles. The Morgan fingerprint density at radius 1 is 1.35 bits per heavy atom. The molecule has 1 aromatic carbocycles. The average molecular weight is 286 g/mol. The highest BCUT2D eigenvalue weighted by Crippen LogP contribution is 2.41. The van der Waals surface area contributed by atoms with Crippen LogP contribution in [0.3, 0.4) is 0 Å². The van der Waals surface area contributed by atoms with Crippen LogP contribution in [0, 0.1) is 5.92 Å². The number of aromatic nitrogens is 1. The molecule has 4 rings (SSSR count). The molecule has 0 amide bonds. The molecule has 0 saturated heterocycles. The maximum atomic E-state index is 5.55. The number of oxime groups is 1. The lowest BCUT2D eigenvalue weighted by atomic mass is 10.0. The van der Waals surface area contributed by atoms with Gasteiger partial charge < -0.3 is 9.57 Å². The Hall–Kier alpha value is -1.88. The fraction of sp³-hybridized carbons (Fsp3) is 0.267. The Kier molecular flexibility index (Phi) is 2.73. The summed E-state index contributed by atoms with van der Waals surface area (Å²) in [5, 5.41) is 5.40. The lowest BCUT2D eigenvalue weighted by molar-refractivity contribution is 0.159. The largest absolute Gasteiger partial charge is 0.482 e. The normalized spacial score (nSPS) is 19.9. The maximum absolute atomic E-state index is 5.55. The fourth-order valence-corrected chi connectivity index (χ4v) is 3.95. The molecule has 1 aromatic heterocycles. The van der Waals surface area contributed by atoms with E-state index in [4.69, 9.17) is 9.57 Å². The lowest BCUT2D eigenvalue weighted by Gasteiger charge is -2.19. The van der Waals surface area contributed by atoms with Crippen LogP contribution in [0.25, 0.3) is 5.69 Å². The van der Waals surface area contributed by atoms with Crippen LogP contribution in [0.5, 0.6) is 5.88 Å². The van der Waals surface area contributed by atoms with Gasteiger partial charge in [0, 0.05) is 23.1 Å². The van der Waals surface area contributed by atoms with Crippen LogP contribution in [0.4, 0.5) is 0 Å². The van der Waals surface area contributed by atoms with Gasteiger partial charge in [0.1, 0.15) is 6.61 Å². The van der Waals surface area contributed by atoms with Crippen molar-refractivity contribution in [2.75, 3.05) is 19.5 Å².